The highest BCUT2D eigenvalue weighted by atomic mass is 19.1. The summed E-state index contributed by atoms with van der Waals surface area (Å²) in [4.78, 5) is 12.2. The molecule has 0 aliphatic carbocycles. The number of nitrogens with one attached hydrogen (secondary N) is 1. The largest absolute Gasteiger partial charge is 0.464 e. The van der Waals surface area contributed by atoms with Crippen LogP contribution in [0.3, 0.4) is 0 Å². The average Bonchev–Trinajstić information content (AvgIpc) is 2.46. The molecule has 3 nitrogen and oxygen atoms in total. The maximum Gasteiger partial charge on any atom is 0.331 e. The van der Waals surface area contributed by atoms with E-state index < -0.39 is 5.54 Å². The van der Waals surface area contributed by atoms with Crippen molar-refractivity contribution in [2.75, 3.05) is 11.9 Å². The summed E-state index contributed by atoms with van der Waals surface area (Å²) in [5, 5.41) is 3.20. The first-order valence-corrected chi connectivity index (χ1v) is 7.73. The molecular formula is C17H26FNO2. The fourth-order valence-electron chi connectivity index (χ4n) is 2.26. The third kappa shape index (κ3) is 5.74. The molecule has 0 saturated carbocycles. The van der Waals surface area contributed by atoms with Crippen molar-refractivity contribution in [1.29, 1.82) is 0 Å². The molecule has 0 heterocycles. The van der Waals surface area contributed by atoms with Crippen molar-refractivity contribution in [2.45, 2.75) is 58.4 Å². The predicted octanol–water partition coefficient (Wildman–Crippen LogP) is 4.53. The van der Waals surface area contributed by atoms with Crippen molar-refractivity contribution < 1.29 is 13.9 Å². The van der Waals surface area contributed by atoms with Gasteiger partial charge in [-0.1, -0.05) is 32.6 Å². The van der Waals surface area contributed by atoms with Crippen molar-refractivity contribution >= 4 is 11.7 Å². The van der Waals surface area contributed by atoms with Crippen LogP contribution in [-0.2, 0) is 9.53 Å². The predicted molar refractivity (Wildman–Crippen MR) is 83.8 cm³/mol. The van der Waals surface area contributed by atoms with Crippen LogP contribution in [0.5, 0.6) is 0 Å². The first-order valence-electron chi connectivity index (χ1n) is 7.73. The Hall–Kier alpha value is -1.58. The number of hydrogen-bond donors (Lipinski definition) is 1. The number of halogens is 1. The molecule has 0 saturated heterocycles. The monoisotopic (exact) mass is 295 g/mol. The van der Waals surface area contributed by atoms with E-state index in [4.69, 9.17) is 4.74 Å². The molecule has 0 aliphatic heterocycles. The highest BCUT2D eigenvalue weighted by Crippen LogP contribution is 2.23. The number of carbonyl (C=O) groups excluding carboxylic acids is 1. The van der Waals surface area contributed by atoms with E-state index in [-0.39, 0.29) is 11.8 Å². The van der Waals surface area contributed by atoms with E-state index >= 15 is 0 Å². The lowest BCUT2D eigenvalue weighted by Crippen LogP contribution is -2.44. The van der Waals surface area contributed by atoms with Gasteiger partial charge in [0.05, 0.1) is 6.61 Å². The van der Waals surface area contributed by atoms with E-state index in [1.807, 2.05) is 6.92 Å². The molecule has 1 aromatic rings. The molecule has 0 fully saturated rings. The third-order valence-corrected chi connectivity index (χ3v) is 3.52. The smallest absolute Gasteiger partial charge is 0.331 e. The van der Waals surface area contributed by atoms with Gasteiger partial charge in [0.1, 0.15) is 11.4 Å². The van der Waals surface area contributed by atoms with E-state index in [0.29, 0.717) is 13.0 Å². The summed E-state index contributed by atoms with van der Waals surface area (Å²) in [6.45, 7) is 6.16. The van der Waals surface area contributed by atoms with Crippen molar-refractivity contribution in [2.24, 2.45) is 0 Å². The van der Waals surface area contributed by atoms with Gasteiger partial charge in [-0.2, -0.15) is 0 Å². The Morgan fingerprint density at radius 3 is 2.43 bits per heavy atom. The van der Waals surface area contributed by atoms with Gasteiger partial charge in [-0.15, -0.1) is 0 Å². The first-order chi connectivity index (χ1) is 10.0. The normalized spacial score (nSPS) is 13.5. The van der Waals surface area contributed by atoms with Crippen LogP contribution < -0.4 is 5.32 Å². The number of anilines is 1. The van der Waals surface area contributed by atoms with Crippen LogP contribution in [0, 0.1) is 5.82 Å². The molecule has 0 bridgehead atoms. The van der Waals surface area contributed by atoms with Crippen LogP contribution in [0.1, 0.15) is 52.9 Å². The molecule has 1 rings (SSSR count). The number of esters is 1. The van der Waals surface area contributed by atoms with Gasteiger partial charge in [0, 0.05) is 5.69 Å². The molecule has 4 heteroatoms. The fourth-order valence-corrected chi connectivity index (χ4v) is 2.26. The molecule has 0 spiro atoms. The average molecular weight is 295 g/mol. The molecule has 0 radical (unpaired) electrons. The molecule has 1 aromatic carbocycles. The minimum Gasteiger partial charge on any atom is -0.464 e. The van der Waals surface area contributed by atoms with E-state index in [2.05, 4.69) is 12.2 Å². The van der Waals surface area contributed by atoms with Crippen LogP contribution in [-0.4, -0.2) is 18.1 Å². The Kier molecular flexibility index (Phi) is 7.20. The van der Waals surface area contributed by atoms with Crippen molar-refractivity contribution in [1.82, 2.24) is 0 Å². The molecule has 1 N–H and O–H groups in total. The lowest BCUT2D eigenvalue weighted by molar-refractivity contribution is -0.148. The second-order valence-corrected chi connectivity index (χ2v) is 5.50. The Labute approximate surface area is 126 Å². The van der Waals surface area contributed by atoms with Crippen molar-refractivity contribution in [3.63, 3.8) is 0 Å². The molecule has 0 aromatic heterocycles. The van der Waals surface area contributed by atoms with Gasteiger partial charge >= 0.3 is 5.97 Å². The van der Waals surface area contributed by atoms with Crippen LogP contribution in [0.4, 0.5) is 10.1 Å². The molecule has 21 heavy (non-hydrogen) atoms. The molecule has 0 aliphatic rings. The summed E-state index contributed by atoms with van der Waals surface area (Å²) in [6, 6.07) is 6.04. The topological polar surface area (TPSA) is 38.3 Å². The van der Waals surface area contributed by atoms with Crippen LogP contribution >= 0.6 is 0 Å². The van der Waals surface area contributed by atoms with Gasteiger partial charge in [0.15, 0.2) is 0 Å². The van der Waals surface area contributed by atoms with Gasteiger partial charge in [0.2, 0.25) is 0 Å². The maximum atomic E-state index is 13.0. The Bertz CT molecular complexity index is 433. The zero-order valence-corrected chi connectivity index (χ0v) is 13.2. The van der Waals surface area contributed by atoms with Gasteiger partial charge < -0.3 is 10.1 Å². The van der Waals surface area contributed by atoms with Gasteiger partial charge in [-0.3, -0.25) is 0 Å². The van der Waals surface area contributed by atoms with E-state index in [9.17, 15) is 9.18 Å². The summed E-state index contributed by atoms with van der Waals surface area (Å²) in [5.74, 6) is -0.549. The minimum atomic E-state index is -0.776. The quantitative estimate of drug-likeness (QED) is 0.537. The lowest BCUT2D eigenvalue weighted by Gasteiger charge is -2.29. The molecule has 0 amide bonds. The number of benzene rings is 1. The Morgan fingerprint density at radius 1 is 1.19 bits per heavy atom. The number of carbonyl (C=O) groups is 1. The van der Waals surface area contributed by atoms with Crippen LogP contribution in [0.25, 0.3) is 0 Å². The number of hydrogen-bond acceptors (Lipinski definition) is 3. The van der Waals surface area contributed by atoms with E-state index in [1.165, 1.54) is 12.1 Å². The van der Waals surface area contributed by atoms with Gasteiger partial charge in [0.25, 0.3) is 0 Å². The fraction of sp³-hybridized carbons (Fsp3) is 0.588. The summed E-state index contributed by atoms with van der Waals surface area (Å²) >= 11 is 0. The molecule has 1 unspecified atom stereocenters. The maximum absolute atomic E-state index is 13.0. The summed E-state index contributed by atoms with van der Waals surface area (Å²) in [5.41, 5.74) is -0.0517. The zero-order chi connectivity index (χ0) is 15.7. The number of unbranched alkanes of at least 4 members (excludes halogenated alkanes) is 3. The highest BCUT2D eigenvalue weighted by Gasteiger charge is 2.34. The number of ether oxygens (including phenoxy) is 1. The van der Waals surface area contributed by atoms with Crippen LogP contribution in [0.15, 0.2) is 24.3 Å². The SMILES string of the molecule is CCCCCCC(C)(Nc1ccc(F)cc1)C(=O)OCC. The third-order valence-electron chi connectivity index (χ3n) is 3.52. The second-order valence-electron chi connectivity index (χ2n) is 5.50. The molecule has 1 atom stereocenters. The minimum absolute atomic E-state index is 0.258. The molecular weight excluding hydrogens is 269 g/mol. The second kappa shape index (κ2) is 8.65. The summed E-state index contributed by atoms with van der Waals surface area (Å²) in [6.07, 6.45) is 5.06. The van der Waals surface area contributed by atoms with Gasteiger partial charge in [-0.05, 0) is 44.5 Å². The molecule has 118 valence electrons. The Morgan fingerprint density at radius 2 is 1.86 bits per heavy atom. The highest BCUT2D eigenvalue weighted by molar-refractivity contribution is 5.84. The zero-order valence-electron chi connectivity index (χ0n) is 13.2. The van der Waals surface area contributed by atoms with Crippen molar-refractivity contribution in [3.8, 4) is 0 Å². The van der Waals surface area contributed by atoms with E-state index in [0.717, 1.165) is 31.4 Å². The summed E-state index contributed by atoms with van der Waals surface area (Å²) in [7, 11) is 0. The lowest BCUT2D eigenvalue weighted by atomic mass is 9.93. The van der Waals surface area contributed by atoms with E-state index in [1.54, 1.807) is 19.1 Å². The van der Waals surface area contributed by atoms with Crippen LogP contribution in [0.2, 0.25) is 0 Å². The first kappa shape index (κ1) is 17.5. The Balaban J connectivity index is 2.74. The van der Waals surface area contributed by atoms with Crippen molar-refractivity contribution in [3.05, 3.63) is 30.1 Å². The standard InChI is InChI=1S/C17H26FNO2/c1-4-6-7-8-13-17(3,16(20)21-5-2)19-15-11-9-14(18)10-12-15/h9-12,19H,4-8,13H2,1-3H3. The number of rotatable bonds is 9. The van der Waals surface area contributed by atoms with Gasteiger partial charge in [-0.25, -0.2) is 9.18 Å². The summed E-state index contributed by atoms with van der Waals surface area (Å²) < 4.78 is 18.2.